The van der Waals surface area contributed by atoms with Crippen LogP contribution in [0.4, 0.5) is 0 Å². The maximum Gasteiger partial charge on any atom is 0.343 e. The van der Waals surface area contributed by atoms with Crippen molar-refractivity contribution in [1.29, 1.82) is 0 Å². The first-order valence-corrected chi connectivity index (χ1v) is 6.29. The summed E-state index contributed by atoms with van der Waals surface area (Å²) >= 11 is 1.55. The molecule has 0 bridgehead atoms. The lowest BCUT2D eigenvalue weighted by Gasteiger charge is -2.25. The minimum absolute atomic E-state index is 0.109. The molecule has 0 amide bonds. The second-order valence-corrected chi connectivity index (χ2v) is 7.21. The molecule has 0 spiro atoms. The molecule has 1 aliphatic rings. The summed E-state index contributed by atoms with van der Waals surface area (Å²) in [4.78, 5) is 18.0. The molecule has 0 aromatic heterocycles. The van der Waals surface area contributed by atoms with Crippen LogP contribution >= 0.6 is 19.4 Å². The van der Waals surface area contributed by atoms with Crippen LogP contribution < -0.4 is 5.32 Å². The average molecular weight is 211 g/mol. The van der Waals surface area contributed by atoms with Gasteiger partial charge >= 0.3 is 7.60 Å². The maximum absolute atomic E-state index is 11.0. The molecule has 72 valence electrons. The highest BCUT2D eigenvalue weighted by atomic mass is 32.2. The highest BCUT2D eigenvalue weighted by molar-refractivity contribution is 8.01. The van der Waals surface area contributed by atoms with Gasteiger partial charge in [0.25, 0.3) is 0 Å². The smallest absolute Gasteiger partial charge is 0.323 e. The lowest BCUT2D eigenvalue weighted by Crippen LogP contribution is -2.37. The molecule has 1 aliphatic heterocycles. The predicted octanol–water partition coefficient (Wildman–Crippen LogP) is 0.951. The topological polar surface area (TPSA) is 69.6 Å². The van der Waals surface area contributed by atoms with Gasteiger partial charge in [0.15, 0.2) is 0 Å². The zero-order chi connectivity index (χ0) is 9.57. The molecule has 1 fully saturated rings. The number of nitrogens with one attached hydrogen (secondary N) is 1. The van der Waals surface area contributed by atoms with Crippen molar-refractivity contribution in [3.05, 3.63) is 0 Å². The molecular formula is C6H14NO3PS. The van der Waals surface area contributed by atoms with Crippen molar-refractivity contribution < 1.29 is 14.4 Å². The molecule has 0 aromatic rings. The Labute approximate surface area is 76.3 Å². The molecule has 12 heavy (non-hydrogen) atoms. The Morgan fingerprint density at radius 1 is 1.50 bits per heavy atom. The molecule has 6 heteroatoms. The normalized spacial score (nSPS) is 35.4. The van der Waals surface area contributed by atoms with Gasteiger partial charge in [-0.15, -0.1) is 11.8 Å². The van der Waals surface area contributed by atoms with E-state index in [9.17, 15) is 4.57 Å². The van der Waals surface area contributed by atoms with Crippen LogP contribution in [0.3, 0.4) is 0 Å². The molecule has 3 N–H and O–H groups in total. The first kappa shape index (κ1) is 10.5. The SMILES string of the molecule is CC1NC(P(=O)(O)O)C(C)(C)S1. The molecule has 1 heterocycles. The Morgan fingerprint density at radius 3 is 2.17 bits per heavy atom. The van der Waals surface area contributed by atoms with Crippen molar-refractivity contribution in [2.24, 2.45) is 0 Å². The van der Waals surface area contributed by atoms with Crippen LogP contribution in [0.15, 0.2) is 0 Å². The third-order valence-electron chi connectivity index (χ3n) is 1.87. The molecule has 1 rings (SSSR count). The minimum Gasteiger partial charge on any atom is -0.323 e. The molecule has 2 atom stereocenters. The fourth-order valence-electron chi connectivity index (χ4n) is 1.48. The van der Waals surface area contributed by atoms with Crippen molar-refractivity contribution in [3.8, 4) is 0 Å². The van der Waals surface area contributed by atoms with Crippen molar-refractivity contribution in [3.63, 3.8) is 0 Å². The van der Waals surface area contributed by atoms with E-state index in [0.717, 1.165) is 0 Å². The zero-order valence-corrected chi connectivity index (χ0v) is 9.02. The van der Waals surface area contributed by atoms with Crippen molar-refractivity contribution in [1.82, 2.24) is 5.32 Å². The Bertz CT molecular complexity index is 227. The van der Waals surface area contributed by atoms with Crippen LogP contribution in [0.5, 0.6) is 0 Å². The monoisotopic (exact) mass is 211 g/mol. The fraction of sp³-hybridized carbons (Fsp3) is 1.00. The van der Waals surface area contributed by atoms with Gasteiger partial charge < -0.3 is 9.79 Å². The largest absolute Gasteiger partial charge is 0.343 e. The first-order valence-electron chi connectivity index (χ1n) is 3.72. The first-order chi connectivity index (χ1) is 5.23. The molecule has 0 aliphatic carbocycles. The van der Waals surface area contributed by atoms with Crippen molar-refractivity contribution in [2.45, 2.75) is 36.7 Å². The lowest BCUT2D eigenvalue weighted by atomic mass is 10.2. The van der Waals surface area contributed by atoms with Crippen LogP contribution in [0.25, 0.3) is 0 Å². The molecule has 4 nitrogen and oxygen atoms in total. The van der Waals surface area contributed by atoms with Gasteiger partial charge in [-0.25, -0.2) is 0 Å². The van der Waals surface area contributed by atoms with Gasteiger partial charge in [-0.2, -0.15) is 0 Å². The molecule has 0 aromatic carbocycles. The van der Waals surface area contributed by atoms with Gasteiger partial charge in [-0.1, -0.05) is 0 Å². The van der Waals surface area contributed by atoms with Gasteiger partial charge in [-0.05, 0) is 20.8 Å². The lowest BCUT2D eigenvalue weighted by molar-refractivity contribution is 0.338. The number of hydrogen-bond donors (Lipinski definition) is 3. The zero-order valence-electron chi connectivity index (χ0n) is 7.31. The van der Waals surface area contributed by atoms with Crippen LogP contribution in [-0.4, -0.2) is 25.7 Å². The fourth-order valence-corrected chi connectivity index (χ4v) is 4.71. The second kappa shape index (κ2) is 3.00. The van der Waals surface area contributed by atoms with Crippen LogP contribution in [0.1, 0.15) is 20.8 Å². The molecule has 0 radical (unpaired) electrons. The summed E-state index contributed by atoms with van der Waals surface area (Å²) in [5.41, 5.74) is 0. The number of rotatable bonds is 1. The Morgan fingerprint density at radius 2 is 2.00 bits per heavy atom. The maximum atomic E-state index is 11.0. The standard InChI is InChI=1S/C6H14NO3PS/c1-4-7-5(11(8,9)10)6(2,3)12-4/h4-5,7H,1-3H3,(H2,8,9,10). The third-order valence-corrected chi connectivity index (χ3v) is 4.84. The van der Waals surface area contributed by atoms with E-state index in [0.29, 0.717) is 0 Å². The minimum atomic E-state index is -4.00. The molecular weight excluding hydrogens is 197 g/mol. The number of thioether (sulfide) groups is 1. The van der Waals surface area contributed by atoms with E-state index in [4.69, 9.17) is 9.79 Å². The summed E-state index contributed by atoms with van der Waals surface area (Å²) in [5.74, 6) is -0.718. The van der Waals surface area contributed by atoms with Gasteiger partial charge in [0.2, 0.25) is 0 Å². The summed E-state index contributed by atoms with van der Waals surface area (Å²) in [6.07, 6.45) is 0. The Balaban J connectivity index is 2.86. The highest BCUT2D eigenvalue weighted by Crippen LogP contribution is 2.53. The average Bonchev–Trinajstić information content (AvgIpc) is 2.02. The summed E-state index contributed by atoms with van der Waals surface area (Å²) in [6, 6.07) is 0. The van der Waals surface area contributed by atoms with Crippen LogP contribution in [0.2, 0.25) is 0 Å². The number of hydrogen-bond acceptors (Lipinski definition) is 3. The van der Waals surface area contributed by atoms with E-state index < -0.39 is 18.1 Å². The quantitative estimate of drug-likeness (QED) is 0.563. The summed E-state index contributed by atoms with van der Waals surface area (Å²) in [6.45, 7) is 5.60. The van der Waals surface area contributed by atoms with Crippen molar-refractivity contribution >= 4 is 19.4 Å². The van der Waals surface area contributed by atoms with E-state index in [1.807, 2.05) is 20.8 Å². The van der Waals surface area contributed by atoms with E-state index in [2.05, 4.69) is 5.32 Å². The van der Waals surface area contributed by atoms with Gasteiger partial charge in [0.1, 0.15) is 5.78 Å². The van der Waals surface area contributed by atoms with E-state index in [-0.39, 0.29) is 5.37 Å². The highest BCUT2D eigenvalue weighted by Gasteiger charge is 2.48. The molecule has 2 unspecified atom stereocenters. The van der Waals surface area contributed by atoms with Crippen LogP contribution in [0, 0.1) is 0 Å². The Kier molecular flexibility index (Phi) is 2.63. The van der Waals surface area contributed by atoms with E-state index in [1.165, 1.54) is 0 Å². The molecule has 0 saturated carbocycles. The predicted molar refractivity (Wildman–Crippen MR) is 50.1 cm³/mol. The van der Waals surface area contributed by atoms with Crippen molar-refractivity contribution in [2.75, 3.05) is 0 Å². The van der Waals surface area contributed by atoms with Gasteiger partial charge in [0.05, 0.1) is 5.37 Å². The van der Waals surface area contributed by atoms with Gasteiger partial charge in [0, 0.05) is 4.75 Å². The Hall–Kier alpha value is 0.460. The summed E-state index contributed by atoms with van der Waals surface area (Å²) in [5, 5.41) is 2.99. The van der Waals surface area contributed by atoms with Gasteiger partial charge in [-0.3, -0.25) is 9.88 Å². The molecule has 1 saturated heterocycles. The van der Waals surface area contributed by atoms with Crippen LogP contribution in [-0.2, 0) is 4.57 Å². The summed E-state index contributed by atoms with van der Waals surface area (Å²) in [7, 11) is -4.00. The van der Waals surface area contributed by atoms with E-state index >= 15 is 0 Å². The summed E-state index contributed by atoms with van der Waals surface area (Å²) < 4.78 is 10.6. The second-order valence-electron chi connectivity index (χ2n) is 3.52. The van der Waals surface area contributed by atoms with E-state index in [1.54, 1.807) is 11.8 Å². The third kappa shape index (κ3) is 2.03.